The van der Waals surface area contributed by atoms with E-state index < -0.39 is 12.0 Å². The first-order valence-corrected chi connectivity index (χ1v) is 5.42. The highest BCUT2D eigenvalue weighted by atomic mass is 16.4. The number of aliphatic carboxylic acids is 1. The number of rotatable bonds is 6. The smallest absolute Gasteiger partial charge is 0.322 e. The number of likely N-dealkylation sites (N-methyl/N-ethyl adjacent to an activating group) is 2. The molecule has 0 aromatic rings. The Hall–Kier alpha value is -0.610. The molecule has 0 heterocycles. The monoisotopic (exact) mass is 216 g/mol. The second-order valence-electron chi connectivity index (χ2n) is 4.65. The molecule has 4 heteroatoms. The molecule has 0 saturated carbocycles. The maximum atomic E-state index is 11.1. The van der Waals surface area contributed by atoms with Crippen molar-refractivity contribution in [2.45, 2.75) is 45.8 Å². The van der Waals surface area contributed by atoms with Gasteiger partial charge in [-0.25, -0.2) is 0 Å². The van der Waals surface area contributed by atoms with E-state index in [-0.39, 0.29) is 6.04 Å². The molecule has 0 aromatic heterocycles. The van der Waals surface area contributed by atoms with E-state index in [1.54, 1.807) is 0 Å². The van der Waals surface area contributed by atoms with E-state index in [9.17, 15) is 4.79 Å². The van der Waals surface area contributed by atoms with Gasteiger partial charge in [-0.2, -0.15) is 0 Å². The Balaban J connectivity index is 4.48. The third-order valence-electron chi connectivity index (χ3n) is 2.93. The summed E-state index contributed by atoms with van der Waals surface area (Å²) in [6.45, 7) is 8.70. The second kappa shape index (κ2) is 6.08. The van der Waals surface area contributed by atoms with Gasteiger partial charge in [0.2, 0.25) is 0 Å². The zero-order valence-corrected chi connectivity index (χ0v) is 10.7. The van der Waals surface area contributed by atoms with Crippen LogP contribution in [0.1, 0.15) is 27.7 Å². The van der Waals surface area contributed by atoms with Gasteiger partial charge in [-0.3, -0.25) is 9.69 Å². The van der Waals surface area contributed by atoms with Crippen LogP contribution in [-0.4, -0.2) is 59.6 Å². The molecule has 0 aliphatic carbocycles. The average molecular weight is 216 g/mol. The molecule has 0 aliphatic rings. The third kappa shape index (κ3) is 4.62. The molecule has 0 amide bonds. The molecule has 1 atom stereocenters. The lowest BCUT2D eigenvalue weighted by atomic mass is 10.2. The van der Waals surface area contributed by atoms with Crippen molar-refractivity contribution in [2.24, 2.45) is 0 Å². The summed E-state index contributed by atoms with van der Waals surface area (Å²) in [6, 6.07) is 0.177. The predicted molar refractivity (Wildman–Crippen MR) is 62.1 cm³/mol. The lowest BCUT2D eigenvalue weighted by Crippen LogP contribution is -2.49. The summed E-state index contributed by atoms with van der Waals surface area (Å²) in [5, 5.41) is 9.15. The standard InChI is InChI=1S/C11H24N2O2/c1-8(2)12(5)7-10(11(14)15)13(6)9(3)4/h8-10H,7H2,1-6H3,(H,14,15). The Morgan fingerprint density at radius 3 is 1.87 bits per heavy atom. The van der Waals surface area contributed by atoms with Crippen molar-refractivity contribution >= 4 is 5.97 Å². The zero-order chi connectivity index (χ0) is 12.2. The van der Waals surface area contributed by atoms with Crippen LogP contribution in [0.4, 0.5) is 0 Å². The van der Waals surface area contributed by atoms with Crippen LogP contribution in [0.3, 0.4) is 0 Å². The maximum absolute atomic E-state index is 11.1. The van der Waals surface area contributed by atoms with Crippen molar-refractivity contribution in [3.05, 3.63) is 0 Å². The van der Waals surface area contributed by atoms with Crippen molar-refractivity contribution in [3.8, 4) is 0 Å². The summed E-state index contributed by atoms with van der Waals surface area (Å²) >= 11 is 0. The van der Waals surface area contributed by atoms with Crippen molar-refractivity contribution in [3.63, 3.8) is 0 Å². The van der Waals surface area contributed by atoms with E-state index >= 15 is 0 Å². The molecule has 90 valence electrons. The van der Waals surface area contributed by atoms with Gasteiger partial charge in [0.25, 0.3) is 0 Å². The second-order valence-corrected chi connectivity index (χ2v) is 4.65. The fourth-order valence-corrected chi connectivity index (χ4v) is 1.22. The lowest BCUT2D eigenvalue weighted by Gasteiger charge is -2.32. The number of carbonyl (C=O) groups is 1. The molecular weight excluding hydrogens is 192 g/mol. The predicted octanol–water partition coefficient (Wildman–Crippen LogP) is 1.12. The van der Waals surface area contributed by atoms with E-state index in [1.807, 2.05) is 32.8 Å². The van der Waals surface area contributed by atoms with Gasteiger partial charge in [0.15, 0.2) is 0 Å². The van der Waals surface area contributed by atoms with Gasteiger partial charge in [-0.05, 0) is 41.8 Å². The van der Waals surface area contributed by atoms with E-state index in [0.29, 0.717) is 12.6 Å². The number of nitrogens with zero attached hydrogens (tertiary/aromatic N) is 2. The highest BCUT2D eigenvalue weighted by Crippen LogP contribution is 2.06. The molecule has 0 bridgehead atoms. The molecule has 0 aliphatic heterocycles. The van der Waals surface area contributed by atoms with E-state index in [2.05, 4.69) is 18.7 Å². The Kier molecular flexibility index (Phi) is 5.83. The largest absolute Gasteiger partial charge is 0.480 e. The minimum atomic E-state index is -0.751. The van der Waals surface area contributed by atoms with E-state index in [4.69, 9.17) is 5.11 Å². The summed E-state index contributed by atoms with van der Waals surface area (Å²) in [7, 11) is 3.81. The molecule has 0 aromatic carbocycles. The van der Waals surface area contributed by atoms with E-state index in [0.717, 1.165) is 0 Å². The van der Waals surface area contributed by atoms with Gasteiger partial charge >= 0.3 is 5.97 Å². The van der Waals surface area contributed by atoms with Gasteiger partial charge < -0.3 is 10.0 Å². The molecule has 0 spiro atoms. The maximum Gasteiger partial charge on any atom is 0.322 e. The van der Waals surface area contributed by atoms with Crippen molar-refractivity contribution in [2.75, 3.05) is 20.6 Å². The van der Waals surface area contributed by atoms with Crippen LogP contribution in [0, 0.1) is 0 Å². The molecule has 0 fully saturated rings. The van der Waals surface area contributed by atoms with Crippen molar-refractivity contribution < 1.29 is 9.90 Å². The summed E-state index contributed by atoms with van der Waals surface area (Å²) in [5.74, 6) is -0.751. The Morgan fingerprint density at radius 2 is 1.60 bits per heavy atom. The first-order valence-electron chi connectivity index (χ1n) is 5.42. The molecule has 15 heavy (non-hydrogen) atoms. The van der Waals surface area contributed by atoms with Gasteiger partial charge in [0.05, 0.1) is 0 Å². The Bertz CT molecular complexity index is 205. The highest BCUT2D eigenvalue weighted by molar-refractivity contribution is 5.73. The number of hydrogen-bond donors (Lipinski definition) is 1. The summed E-state index contributed by atoms with van der Waals surface area (Å²) in [5.41, 5.74) is 0. The quantitative estimate of drug-likeness (QED) is 0.722. The van der Waals surface area contributed by atoms with Gasteiger partial charge in [0, 0.05) is 18.6 Å². The van der Waals surface area contributed by atoms with Gasteiger partial charge in [-0.15, -0.1) is 0 Å². The normalized spacial score (nSPS) is 14.3. The first kappa shape index (κ1) is 14.4. The van der Waals surface area contributed by atoms with Crippen LogP contribution >= 0.6 is 0 Å². The van der Waals surface area contributed by atoms with Crippen LogP contribution in [0.25, 0.3) is 0 Å². The zero-order valence-electron chi connectivity index (χ0n) is 10.7. The van der Waals surface area contributed by atoms with E-state index in [1.165, 1.54) is 0 Å². The fourth-order valence-electron chi connectivity index (χ4n) is 1.22. The minimum Gasteiger partial charge on any atom is -0.480 e. The number of hydrogen-bond acceptors (Lipinski definition) is 3. The number of carboxylic acids is 1. The van der Waals surface area contributed by atoms with Crippen LogP contribution in [0.15, 0.2) is 0 Å². The minimum absolute atomic E-state index is 0.242. The molecule has 1 unspecified atom stereocenters. The molecule has 4 nitrogen and oxygen atoms in total. The Morgan fingerprint density at radius 1 is 1.13 bits per heavy atom. The van der Waals surface area contributed by atoms with Crippen molar-refractivity contribution in [1.82, 2.24) is 9.80 Å². The SMILES string of the molecule is CC(C)N(C)CC(C(=O)O)N(C)C(C)C. The molecule has 0 rings (SSSR count). The fraction of sp³-hybridized carbons (Fsp3) is 0.909. The van der Waals surface area contributed by atoms with Crippen LogP contribution in [0.2, 0.25) is 0 Å². The average Bonchev–Trinajstić information content (AvgIpc) is 2.11. The summed E-state index contributed by atoms with van der Waals surface area (Å²) in [4.78, 5) is 15.1. The third-order valence-corrected chi connectivity index (χ3v) is 2.93. The highest BCUT2D eigenvalue weighted by Gasteiger charge is 2.26. The molecular formula is C11H24N2O2. The molecule has 1 N–H and O–H groups in total. The van der Waals surface area contributed by atoms with Crippen LogP contribution < -0.4 is 0 Å². The topological polar surface area (TPSA) is 43.8 Å². The summed E-state index contributed by atoms with van der Waals surface area (Å²) < 4.78 is 0. The summed E-state index contributed by atoms with van der Waals surface area (Å²) in [6.07, 6.45) is 0. The van der Waals surface area contributed by atoms with Crippen LogP contribution in [-0.2, 0) is 4.79 Å². The lowest BCUT2D eigenvalue weighted by molar-refractivity contribution is -0.144. The van der Waals surface area contributed by atoms with Gasteiger partial charge in [0.1, 0.15) is 6.04 Å². The van der Waals surface area contributed by atoms with Crippen LogP contribution in [0.5, 0.6) is 0 Å². The molecule has 0 saturated heterocycles. The van der Waals surface area contributed by atoms with Crippen molar-refractivity contribution in [1.29, 1.82) is 0 Å². The first-order chi connectivity index (χ1) is 6.77. The molecule has 0 radical (unpaired) electrons. The number of carboxylic acid groups (broad SMARTS) is 1. The van der Waals surface area contributed by atoms with Gasteiger partial charge in [-0.1, -0.05) is 0 Å². The Labute approximate surface area is 92.9 Å².